The van der Waals surface area contributed by atoms with Crippen molar-refractivity contribution in [2.24, 2.45) is 5.73 Å². The summed E-state index contributed by atoms with van der Waals surface area (Å²) in [6, 6.07) is 4.93. The fourth-order valence-corrected chi connectivity index (χ4v) is 3.30. The normalized spacial score (nSPS) is 11.7. The van der Waals surface area contributed by atoms with Crippen LogP contribution in [0.2, 0.25) is 0 Å². The lowest BCUT2D eigenvalue weighted by Gasteiger charge is -2.15. The maximum absolute atomic E-state index is 12.3. The highest BCUT2D eigenvalue weighted by atomic mass is 32.2. The highest BCUT2D eigenvalue weighted by Crippen LogP contribution is 2.22. The zero-order valence-corrected chi connectivity index (χ0v) is 14.9. The predicted molar refractivity (Wildman–Crippen MR) is 92.8 cm³/mol. The maximum Gasteiger partial charge on any atom is 0.242 e. The lowest BCUT2D eigenvalue weighted by molar-refractivity contribution is -0.116. The third-order valence-corrected chi connectivity index (χ3v) is 5.55. The average molecular weight is 341 g/mol. The Labute approximate surface area is 139 Å². The summed E-state index contributed by atoms with van der Waals surface area (Å²) in [7, 11) is -0.548. The van der Waals surface area contributed by atoms with E-state index in [4.69, 9.17) is 5.73 Å². The Morgan fingerprint density at radius 2 is 1.83 bits per heavy atom. The monoisotopic (exact) mass is 341 g/mol. The Morgan fingerprint density at radius 1 is 1.17 bits per heavy atom. The number of anilines is 1. The van der Waals surface area contributed by atoms with E-state index in [9.17, 15) is 13.2 Å². The van der Waals surface area contributed by atoms with Gasteiger partial charge in [0, 0.05) is 26.2 Å². The van der Waals surface area contributed by atoms with Crippen LogP contribution in [-0.4, -0.2) is 39.3 Å². The molecule has 23 heavy (non-hydrogen) atoms. The molecule has 0 aliphatic heterocycles. The first-order valence-electron chi connectivity index (χ1n) is 7.82. The number of carbonyl (C=O) groups is 1. The van der Waals surface area contributed by atoms with Gasteiger partial charge in [-0.1, -0.05) is 18.9 Å². The number of sulfonamides is 1. The zero-order chi connectivity index (χ0) is 17.5. The number of aryl methyl sites for hydroxylation is 1. The van der Waals surface area contributed by atoms with E-state index in [0.717, 1.165) is 25.7 Å². The van der Waals surface area contributed by atoms with Gasteiger partial charge in [0.2, 0.25) is 15.9 Å². The van der Waals surface area contributed by atoms with Crippen molar-refractivity contribution in [1.29, 1.82) is 0 Å². The maximum atomic E-state index is 12.3. The highest BCUT2D eigenvalue weighted by Gasteiger charge is 2.20. The second-order valence-corrected chi connectivity index (χ2v) is 7.89. The van der Waals surface area contributed by atoms with Crippen LogP contribution < -0.4 is 11.1 Å². The van der Waals surface area contributed by atoms with Gasteiger partial charge in [-0.15, -0.1) is 0 Å². The second kappa shape index (κ2) is 9.00. The first-order valence-corrected chi connectivity index (χ1v) is 9.26. The molecule has 0 heterocycles. The summed E-state index contributed by atoms with van der Waals surface area (Å²) in [5.41, 5.74) is 6.58. The van der Waals surface area contributed by atoms with E-state index in [1.807, 2.05) is 0 Å². The third kappa shape index (κ3) is 5.93. The van der Waals surface area contributed by atoms with E-state index in [1.165, 1.54) is 24.5 Å². The third-order valence-electron chi connectivity index (χ3n) is 3.59. The molecule has 0 saturated carbocycles. The molecular weight excluding hydrogens is 314 g/mol. The van der Waals surface area contributed by atoms with E-state index in [0.29, 0.717) is 24.2 Å². The molecule has 0 fully saturated rings. The topological polar surface area (TPSA) is 92.5 Å². The lowest BCUT2D eigenvalue weighted by atomic mass is 10.1. The number of amides is 1. The van der Waals surface area contributed by atoms with Crippen molar-refractivity contribution >= 4 is 21.6 Å². The van der Waals surface area contributed by atoms with Crippen LogP contribution >= 0.6 is 0 Å². The quantitative estimate of drug-likeness (QED) is 0.673. The number of nitrogens with zero attached hydrogens (tertiary/aromatic N) is 1. The van der Waals surface area contributed by atoms with Gasteiger partial charge in [-0.25, -0.2) is 12.7 Å². The van der Waals surface area contributed by atoms with Crippen LogP contribution in [0.5, 0.6) is 0 Å². The molecule has 0 radical (unpaired) electrons. The molecule has 6 nitrogen and oxygen atoms in total. The number of hydrogen-bond donors (Lipinski definition) is 2. The van der Waals surface area contributed by atoms with Crippen LogP contribution in [0, 0.1) is 6.92 Å². The van der Waals surface area contributed by atoms with Gasteiger partial charge < -0.3 is 11.1 Å². The van der Waals surface area contributed by atoms with E-state index in [-0.39, 0.29) is 10.8 Å². The molecule has 1 amide bonds. The summed E-state index contributed by atoms with van der Waals surface area (Å²) in [4.78, 5) is 12.1. The SMILES string of the molecule is Cc1ccc(NC(=O)CCCCCCN)cc1S(=O)(=O)N(C)C. The number of nitrogens with one attached hydrogen (secondary N) is 1. The predicted octanol–water partition coefficient (Wildman–Crippen LogP) is 2.09. The minimum absolute atomic E-state index is 0.102. The summed E-state index contributed by atoms with van der Waals surface area (Å²) < 4.78 is 25.7. The number of benzene rings is 1. The van der Waals surface area contributed by atoms with Gasteiger partial charge in [-0.2, -0.15) is 0 Å². The van der Waals surface area contributed by atoms with Gasteiger partial charge in [0.25, 0.3) is 0 Å². The molecular formula is C16H27N3O3S. The minimum Gasteiger partial charge on any atom is -0.330 e. The van der Waals surface area contributed by atoms with Gasteiger partial charge >= 0.3 is 0 Å². The van der Waals surface area contributed by atoms with Gasteiger partial charge in [-0.3, -0.25) is 4.79 Å². The van der Waals surface area contributed by atoms with Gasteiger partial charge in [0.15, 0.2) is 0 Å². The fraction of sp³-hybridized carbons (Fsp3) is 0.562. The molecule has 0 saturated heterocycles. The van der Waals surface area contributed by atoms with Crippen molar-refractivity contribution in [1.82, 2.24) is 4.31 Å². The van der Waals surface area contributed by atoms with Crippen molar-refractivity contribution in [3.05, 3.63) is 23.8 Å². The molecule has 7 heteroatoms. The number of hydrogen-bond acceptors (Lipinski definition) is 4. The van der Waals surface area contributed by atoms with Crippen molar-refractivity contribution < 1.29 is 13.2 Å². The summed E-state index contributed by atoms with van der Waals surface area (Å²) in [6.45, 7) is 2.41. The van der Waals surface area contributed by atoms with Crippen molar-refractivity contribution in [3.63, 3.8) is 0 Å². The van der Waals surface area contributed by atoms with Crippen LogP contribution in [0.25, 0.3) is 0 Å². The minimum atomic E-state index is -3.52. The first kappa shape index (κ1) is 19.6. The van der Waals surface area contributed by atoms with Crippen molar-refractivity contribution in [2.45, 2.75) is 43.9 Å². The van der Waals surface area contributed by atoms with Gasteiger partial charge in [0.05, 0.1) is 4.90 Å². The van der Waals surface area contributed by atoms with E-state index >= 15 is 0 Å². The second-order valence-electron chi connectivity index (χ2n) is 5.77. The fourth-order valence-electron chi connectivity index (χ4n) is 2.16. The first-order chi connectivity index (χ1) is 10.8. The smallest absolute Gasteiger partial charge is 0.242 e. The van der Waals surface area contributed by atoms with Gasteiger partial charge in [-0.05, 0) is 44.0 Å². The van der Waals surface area contributed by atoms with Crippen LogP contribution in [0.3, 0.4) is 0 Å². The molecule has 130 valence electrons. The largest absolute Gasteiger partial charge is 0.330 e. The molecule has 1 aromatic carbocycles. The van der Waals surface area contributed by atoms with E-state index in [1.54, 1.807) is 19.1 Å². The molecule has 0 atom stereocenters. The summed E-state index contributed by atoms with van der Waals surface area (Å²) >= 11 is 0. The molecule has 0 spiro atoms. The highest BCUT2D eigenvalue weighted by molar-refractivity contribution is 7.89. The van der Waals surface area contributed by atoms with Crippen LogP contribution in [0.4, 0.5) is 5.69 Å². The molecule has 1 rings (SSSR count). The van der Waals surface area contributed by atoms with E-state index in [2.05, 4.69) is 5.32 Å². The lowest BCUT2D eigenvalue weighted by Crippen LogP contribution is -2.23. The molecule has 0 unspecified atom stereocenters. The molecule has 1 aromatic rings. The zero-order valence-electron chi connectivity index (χ0n) is 14.1. The Morgan fingerprint density at radius 3 is 2.43 bits per heavy atom. The Hall–Kier alpha value is -1.44. The Balaban J connectivity index is 2.70. The Bertz CT molecular complexity index is 627. The standard InChI is InChI=1S/C16H27N3O3S/c1-13-9-10-14(12-15(13)23(21,22)19(2)3)18-16(20)8-6-4-5-7-11-17/h9-10,12H,4-8,11,17H2,1-3H3,(H,18,20). The number of carbonyl (C=O) groups excluding carboxylic acids is 1. The molecule has 0 bridgehead atoms. The Kier molecular flexibility index (Phi) is 7.67. The van der Waals surface area contributed by atoms with Crippen molar-refractivity contribution in [3.8, 4) is 0 Å². The number of unbranched alkanes of at least 4 members (excludes halogenated alkanes) is 3. The molecule has 3 N–H and O–H groups in total. The number of rotatable bonds is 9. The van der Waals surface area contributed by atoms with Crippen LogP contribution in [0.15, 0.2) is 23.1 Å². The summed E-state index contributed by atoms with van der Waals surface area (Å²) in [5, 5.41) is 2.76. The molecule has 0 aromatic heterocycles. The van der Waals surface area contributed by atoms with E-state index < -0.39 is 10.0 Å². The summed E-state index contributed by atoms with van der Waals surface area (Å²) in [5.74, 6) is -0.102. The van der Waals surface area contributed by atoms with Crippen LogP contribution in [-0.2, 0) is 14.8 Å². The molecule has 0 aliphatic carbocycles. The van der Waals surface area contributed by atoms with Crippen LogP contribution in [0.1, 0.15) is 37.7 Å². The van der Waals surface area contributed by atoms with Crippen molar-refractivity contribution in [2.75, 3.05) is 26.0 Å². The summed E-state index contributed by atoms with van der Waals surface area (Å²) in [6.07, 6.45) is 4.21. The van der Waals surface area contributed by atoms with Gasteiger partial charge in [0.1, 0.15) is 0 Å². The number of nitrogens with two attached hydrogens (primary N) is 1. The average Bonchev–Trinajstić information content (AvgIpc) is 2.48. The molecule has 0 aliphatic rings.